The van der Waals surface area contributed by atoms with Gasteiger partial charge in [-0.05, 0) is 27.8 Å². The van der Waals surface area contributed by atoms with E-state index < -0.39 is 0 Å². The molecule has 0 radical (unpaired) electrons. The summed E-state index contributed by atoms with van der Waals surface area (Å²) in [6.45, 7) is 7.66. The Bertz CT molecular complexity index is 106. The normalized spacial score (nSPS) is 9.92. The van der Waals surface area contributed by atoms with Crippen molar-refractivity contribution >= 4 is 6.47 Å². The maximum absolute atomic E-state index is 9.60. The standard InChI is InChI=1S/C5H10O2.C4H11NO/c1-5(2,3)7-4-6;1-5-3-4-6-2/h4H,1-3H3;5H,3-4H2,1-2H3. The first-order valence-corrected chi connectivity index (χ1v) is 4.23. The van der Waals surface area contributed by atoms with E-state index in [9.17, 15) is 4.79 Å². The summed E-state index contributed by atoms with van der Waals surface area (Å²) >= 11 is 0. The van der Waals surface area contributed by atoms with Gasteiger partial charge in [0.25, 0.3) is 6.47 Å². The molecule has 0 heterocycles. The molecule has 0 aromatic carbocycles. The molecule has 80 valence electrons. The Balaban J connectivity index is 0. The number of methoxy groups -OCH3 is 1. The molecule has 0 saturated carbocycles. The van der Waals surface area contributed by atoms with Crippen LogP contribution >= 0.6 is 0 Å². The molecule has 0 bridgehead atoms. The number of carbonyl (C=O) groups excluding carboxylic acids is 1. The van der Waals surface area contributed by atoms with Crippen molar-refractivity contribution in [2.75, 3.05) is 27.3 Å². The highest BCUT2D eigenvalue weighted by Crippen LogP contribution is 2.02. The molecule has 0 aliphatic heterocycles. The van der Waals surface area contributed by atoms with Gasteiger partial charge >= 0.3 is 0 Å². The number of carbonyl (C=O) groups is 1. The van der Waals surface area contributed by atoms with E-state index in [2.05, 4.69) is 10.1 Å². The quantitative estimate of drug-likeness (QED) is 0.527. The Kier molecular flexibility index (Phi) is 10.9. The molecule has 0 unspecified atom stereocenters. The van der Waals surface area contributed by atoms with Gasteiger partial charge in [-0.1, -0.05) is 0 Å². The first-order valence-electron chi connectivity index (χ1n) is 4.23. The van der Waals surface area contributed by atoms with Gasteiger partial charge in [0.1, 0.15) is 5.60 Å². The van der Waals surface area contributed by atoms with Gasteiger partial charge in [0, 0.05) is 13.7 Å². The van der Waals surface area contributed by atoms with Crippen LogP contribution in [0.25, 0.3) is 0 Å². The summed E-state index contributed by atoms with van der Waals surface area (Å²) in [6.07, 6.45) is 0. The lowest BCUT2D eigenvalue weighted by Crippen LogP contribution is -2.17. The molecule has 0 atom stereocenters. The second-order valence-corrected chi connectivity index (χ2v) is 3.42. The van der Waals surface area contributed by atoms with Crippen LogP contribution in [-0.2, 0) is 14.3 Å². The summed E-state index contributed by atoms with van der Waals surface area (Å²) in [6, 6.07) is 0. The molecule has 0 aliphatic rings. The van der Waals surface area contributed by atoms with E-state index in [4.69, 9.17) is 4.74 Å². The molecule has 13 heavy (non-hydrogen) atoms. The van der Waals surface area contributed by atoms with Crippen LogP contribution in [0, 0.1) is 0 Å². The highest BCUT2D eigenvalue weighted by Gasteiger charge is 2.07. The Labute approximate surface area is 80.6 Å². The molecule has 0 fully saturated rings. The molecule has 0 spiro atoms. The van der Waals surface area contributed by atoms with Crippen molar-refractivity contribution in [3.05, 3.63) is 0 Å². The van der Waals surface area contributed by atoms with Crippen LogP contribution in [0.4, 0.5) is 0 Å². The first kappa shape index (κ1) is 14.9. The predicted molar refractivity (Wildman–Crippen MR) is 52.7 cm³/mol. The fourth-order valence-electron chi connectivity index (χ4n) is 0.348. The van der Waals surface area contributed by atoms with E-state index in [0.717, 1.165) is 13.2 Å². The van der Waals surface area contributed by atoms with Crippen LogP contribution in [0.15, 0.2) is 0 Å². The zero-order chi connectivity index (χ0) is 10.7. The molecule has 4 heteroatoms. The van der Waals surface area contributed by atoms with Gasteiger partial charge in [-0.2, -0.15) is 0 Å². The zero-order valence-corrected chi connectivity index (χ0v) is 9.22. The summed E-state index contributed by atoms with van der Waals surface area (Å²) < 4.78 is 9.27. The number of rotatable bonds is 4. The minimum absolute atomic E-state index is 0.318. The molecular weight excluding hydrogens is 170 g/mol. The van der Waals surface area contributed by atoms with Crippen molar-refractivity contribution in [1.29, 1.82) is 0 Å². The monoisotopic (exact) mass is 191 g/mol. The minimum Gasteiger partial charge on any atom is -0.462 e. The second kappa shape index (κ2) is 9.48. The lowest BCUT2D eigenvalue weighted by atomic mass is 10.2. The molecule has 0 aliphatic carbocycles. The summed E-state index contributed by atoms with van der Waals surface area (Å²) in [5.41, 5.74) is -0.318. The van der Waals surface area contributed by atoms with E-state index in [-0.39, 0.29) is 5.60 Å². The predicted octanol–water partition coefficient (Wildman–Crippen LogP) is 0.810. The highest BCUT2D eigenvalue weighted by atomic mass is 16.5. The Hall–Kier alpha value is -0.610. The number of likely N-dealkylation sites (N-methyl/N-ethyl adjacent to an activating group) is 1. The number of hydrogen-bond donors (Lipinski definition) is 1. The molecule has 0 rings (SSSR count). The van der Waals surface area contributed by atoms with Crippen LogP contribution in [-0.4, -0.2) is 39.4 Å². The van der Waals surface area contributed by atoms with Crippen molar-refractivity contribution in [2.45, 2.75) is 26.4 Å². The largest absolute Gasteiger partial charge is 0.462 e. The van der Waals surface area contributed by atoms with Crippen LogP contribution in [0.3, 0.4) is 0 Å². The fraction of sp³-hybridized carbons (Fsp3) is 0.889. The summed E-state index contributed by atoms with van der Waals surface area (Å²) in [5.74, 6) is 0. The third-order valence-corrected chi connectivity index (χ3v) is 0.958. The Morgan fingerprint density at radius 2 is 1.92 bits per heavy atom. The van der Waals surface area contributed by atoms with Crippen molar-refractivity contribution in [1.82, 2.24) is 5.32 Å². The lowest BCUT2D eigenvalue weighted by molar-refractivity contribution is -0.138. The van der Waals surface area contributed by atoms with Crippen molar-refractivity contribution in [3.8, 4) is 0 Å². The van der Waals surface area contributed by atoms with Gasteiger partial charge in [0.2, 0.25) is 0 Å². The molecule has 1 N–H and O–H groups in total. The van der Waals surface area contributed by atoms with Crippen molar-refractivity contribution in [3.63, 3.8) is 0 Å². The SMILES string of the molecule is CC(C)(C)OC=O.CNCCOC. The molecule has 0 saturated heterocycles. The smallest absolute Gasteiger partial charge is 0.293 e. The zero-order valence-electron chi connectivity index (χ0n) is 9.22. The summed E-state index contributed by atoms with van der Waals surface area (Å²) in [4.78, 5) is 9.60. The van der Waals surface area contributed by atoms with E-state index in [1.54, 1.807) is 7.11 Å². The van der Waals surface area contributed by atoms with Gasteiger partial charge in [0.05, 0.1) is 6.61 Å². The van der Waals surface area contributed by atoms with Crippen molar-refractivity contribution < 1.29 is 14.3 Å². The van der Waals surface area contributed by atoms with Gasteiger partial charge in [-0.15, -0.1) is 0 Å². The fourth-order valence-corrected chi connectivity index (χ4v) is 0.348. The van der Waals surface area contributed by atoms with Crippen LogP contribution in [0.1, 0.15) is 20.8 Å². The average Bonchev–Trinajstić information content (AvgIpc) is 1.99. The highest BCUT2D eigenvalue weighted by molar-refractivity contribution is 5.37. The summed E-state index contributed by atoms with van der Waals surface area (Å²) in [5, 5.41) is 2.94. The van der Waals surface area contributed by atoms with E-state index in [1.807, 2.05) is 27.8 Å². The van der Waals surface area contributed by atoms with Gasteiger partial charge in [-0.25, -0.2) is 0 Å². The average molecular weight is 191 g/mol. The van der Waals surface area contributed by atoms with Gasteiger partial charge in [-0.3, -0.25) is 4.79 Å². The van der Waals surface area contributed by atoms with Gasteiger partial charge < -0.3 is 14.8 Å². The van der Waals surface area contributed by atoms with E-state index in [0.29, 0.717) is 6.47 Å². The minimum atomic E-state index is -0.318. The molecule has 0 amide bonds. The Morgan fingerprint density at radius 1 is 1.38 bits per heavy atom. The molecule has 4 nitrogen and oxygen atoms in total. The van der Waals surface area contributed by atoms with E-state index in [1.165, 1.54) is 0 Å². The maximum atomic E-state index is 9.60. The number of ether oxygens (including phenoxy) is 2. The third kappa shape index (κ3) is 24.6. The van der Waals surface area contributed by atoms with Crippen LogP contribution < -0.4 is 5.32 Å². The Morgan fingerprint density at radius 3 is 2.00 bits per heavy atom. The third-order valence-electron chi connectivity index (χ3n) is 0.958. The molecular formula is C9H21NO3. The van der Waals surface area contributed by atoms with E-state index >= 15 is 0 Å². The summed E-state index contributed by atoms with van der Waals surface area (Å²) in [7, 11) is 3.59. The number of nitrogens with one attached hydrogen (secondary N) is 1. The molecule has 0 aromatic heterocycles. The van der Waals surface area contributed by atoms with Crippen LogP contribution in [0.2, 0.25) is 0 Å². The van der Waals surface area contributed by atoms with Crippen molar-refractivity contribution in [2.24, 2.45) is 0 Å². The van der Waals surface area contributed by atoms with Gasteiger partial charge in [0.15, 0.2) is 0 Å². The number of hydrogen-bond acceptors (Lipinski definition) is 4. The molecule has 0 aromatic rings. The van der Waals surface area contributed by atoms with Crippen LogP contribution in [0.5, 0.6) is 0 Å². The second-order valence-electron chi connectivity index (χ2n) is 3.42. The lowest BCUT2D eigenvalue weighted by Gasteiger charge is -2.14. The first-order chi connectivity index (χ1) is 5.97. The topological polar surface area (TPSA) is 47.6 Å². The maximum Gasteiger partial charge on any atom is 0.293 e.